The molecule has 0 spiro atoms. The van der Waals surface area contributed by atoms with E-state index in [0.29, 0.717) is 24.8 Å². The highest BCUT2D eigenvalue weighted by molar-refractivity contribution is 7.89. The predicted molar refractivity (Wildman–Crippen MR) is 80.2 cm³/mol. The van der Waals surface area contributed by atoms with E-state index < -0.39 is 10.0 Å². The van der Waals surface area contributed by atoms with Crippen LogP contribution in [-0.4, -0.2) is 33.4 Å². The molecule has 0 saturated heterocycles. The first-order valence-corrected chi connectivity index (χ1v) is 8.14. The molecule has 0 amide bonds. The van der Waals surface area contributed by atoms with Gasteiger partial charge >= 0.3 is 0 Å². The number of ether oxygens (including phenoxy) is 1. The van der Waals surface area contributed by atoms with Gasteiger partial charge in [-0.25, -0.2) is 12.7 Å². The van der Waals surface area contributed by atoms with Crippen molar-refractivity contribution in [3.05, 3.63) is 23.8 Å². The molecule has 0 aliphatic heterocycles. The Labute approximate surface area is 121 Å². The molecule has 0 aliphatic carbocycles. The van der Waals surface area contributed by atoms with Crippen LogP contribution in [-0.2, 0) is 16.6 Å². The number of methoxy groups -OCH3 is 1. The summed E-state index contributed by atoms with van der Waals surface area (Å²) in [6, 6.07) is 4.94. The van der Waals surface area contributed by atoms with Gasteiger partial charge in [0.25, 0.3) is 0 Å². The summed E-state index contributed by atoms with van der Waals surface area (Å²) >= 11 is 0. The average molecular weight is 300 g/mol. The third kappa shape index (κ3) is 3.71. The first-order valence-electron chi connectivity index (χ1n) is 6.70. The normalized spacial score (nSPS) is 13.5. The quantitative estimate of drug-likeness (QED) is 0.833. The topological polar surface area (TPSA) is 72.6 Å². The standard InChI is InChI=1S/C14H24N2O3S/c1-5-11(2)10-16(3)20(17,18)14-7-6-12(9-15)8-13(14)19-4/h6-8,11H,5,9-10,15H2,1-4H3. The molecule has 0 radical (unpaired) electrons. The van der Waals surface area contributed by atoms with E-state index in [1.54, 1.807) is 25.2 Å². The monoisotopic (exact) mass is 300 g/mol. The molecular formula is C14H24N2O3S. The lowest BCUT2D eigenvalue weighted by Crippen LogP contribution is -2.31. The summed E-state index contributed by atoms with van der Waals surface area (Å²) in [4.78, 5) is 0.183. The maximum atomic E-state index is 12.6. The van der Waals surface area contributed by atoms with Crippen molar-refractivity contribution in [2.45, 2.75) is 31.7 Å². The number of nitrogens with two attached hydrogens (primary N) is 1. The van der Waals surface area contributed by atoms with Crippen molar-refractivity contribution in [1.29, 1.82) is 0 Å². The highest BCUT2D eigenvalue weighted by Gasteiger charge is 2.25. The SMILES string of the molecule is CCC(C)CN(C)S(=O)(=O)c1ccc(CN)cc1OC. The largest absolute Gasteiger partial charge is 0.495 e. The lowest BCUT2D eigenvalue weighted by molar-refractivity contribution is 0.381. The number of benzene rings is 1. The number of nitrogens with zero attached hydrogens (tertiary/aromatic N) is 1. The van der Waals surface area contributed by atoms with Crippen LogP contribution in [0.5, 0.6) is 5.75 Å². The summed E-state index contributed by atoms with van der Waals surface area (Å²) in [5.41, 5.74) is 6.40. The van der Waals surface area contributed by atoms with Gasteiger partial charge in [-0.3, -0.25) is 0 Å². The van der Waals surface area contributed by atoms with E-state index in [1.165, 1.54) is 11.4 Å². The van der Waals surface area contributed by atoms with Gasteiger partial charge in [-0.15, -0.1) is 0 Å². The van der Waals surface area contributed by atoms with Gasteiger partial charge < -0.3 is 10.5 Å². The number of hydrogen-bond donors (Lipinski definition) is 1. The molecule has 1 aromatic rings. The zero-order valence-electron chi connectivity index (χ0n) is 12.6. The molecule has 0 aliphatic rings. The molecule has 114 valence electrons. The van der Waals surface area contributed by atoms with Crippen molar-refractivity contribution in [3.63, 3.8) is 0 Å². The van der Waals surface area contributed by atoms with Crippen molar-refractivity contribution >= 4 is 10.0 Å². The Bertz CT molecular complexity index is 543. The van der Waals surface area contributed by atoms with Crippen molar-refractivity contribution < 1.29 is 13.2 Å². The van der Waals surface area contributed by atoms with Gasteiger partial charge in [-0.1, -0.05) is 26.3 Å². The highest BCUT2D eigenvalue weighted by Crippen LogP contribution is 2.27. The van der Waals surface area contributed by atoms with Gasteiger partial charge in [0.1, 0.15) is 10.6 Å². The fraction of sp³-hybridized carbons (Fsp3) is 0.571. The molecule has 0 bridgehead atoms. The van der Waals surface area contributed by atoms with Gasteiger partial charge in [0.2, 0.25) is 10.0 Å². The maximum Gasteiger partial charge on any atom is 0.246 e. The molecule has 0 heterocycles. The highest BCUT2D eigenvalue weighted by atomic mass is 32.2. The zero-order valence-corrected chi connectivity index (χ0v) is 13.4. The molecule has 1 rings (SSSR count). The fourth-order valence-electron chi connectivity index (χ4n) is 1.89. The van der Waals surface area contributed by atoms with E-state index in [2.05, 4.69) is 0 Å². The molecule has 1 aromatic carbocycles. The lowest BCUT2D eigenvalue weighted by atomic mass is 10.1. The van der Waals surface area contributed by atoms with Crippen LogP contribution < -0.4 is 10.5 Å². The van der Waals surface area contributed by atoms with Gasteiger partial charge in [0.05, 0.1) is 7.11 Å². The molecule has 0 fully saturated rings. The van der Waals surface area contributed by atoms with E-state index in [0.717, 1.165) is 12.0 Å². The summed E-state index contributed by atoms with van der Waals surface area (Å²) < 4.78 is 31.7. The van der Waals surface area contributed by atoms with E-state index in [9.17, 15) is 8.42 Å². The van der Waals surface area contributed by atoms with Crippen LogP contribution in [0.3, 0.4) is 0 Å². The minimum absolute atomic E-state index is 0.183. The molecule has 5 nitrogen and oxygen atoms in total. The molecule has 20 heavy (non-hydrogen) atoms. The summed E-state index contributed by atoms with van der Waals surface area (Å²) in [5.74, 6) is 0.646. The minimum atomic E-state index is -3.54. The Morgan fingerprint density at radius 1 is 1.40 bits per heavy atom. The Hall–Kier alpha value is -1.11. The van der Waals surface area contributed by atoms with Crippen molar-refractivity contribution in [3.8, 4) is 5.75 Å². The van der Waals surface area contributed by atoms with E-state index >= 15 is 0 Å². The van der Waals surface area contributed by atoms with Gasteiger partial charge in [-0.2, -0.15) is 0 Å². The second-order valence-corrected chi connectivity index (χ2v) is 7.00. The second-order valence-electron chi connectivity index (χ2n) is 4.99. The van der Waals surface area contributed by atoms with Crippen LogP contribution >= 0.6 is 0 Å². The summed E-state index contributed by atoms with van der Waals surface area (Å²) in [5, 5.41) is 0. The Kier molecular flexibility index (Phi) is 5.98. The van der Waals surface area contributed by atoms with E-state index in [1.807, 2.05) is 13.8 Å². The number of hydrogen-bond acceptors (Lipinski definition) is 4. The van der Waals surface area contributed by atoms with Crippen molar-refractivity contribution in [2.75, 3.05) is 20.7 Å². The fourth-order valence-corrected chi connectivity index (χ4v) is 3.31. The maximum absolute atomic E-state index is 12.6. The Morgan fingerprint density at radius 2 is 2.05 bits per heavy atom. The van der Waals surface area contributed by atoms with Crippen LogP contribution in [0.25, 0.3) is 0 Å². The molecule has 0 saturated carbocycles. The Balaban J connectivity index is 3.14. The third-order valence-corrected chi connectivity index (χ3v) is 5.28. The van der Waals surface area contributed by atoms with Crippen LogP contribution in [0.15, 0.2) is 23.1 Å². The lowest BCUT2D eigenvalue weighted by Gasteiger charge is -2.21. The van der Waals surface area contributed by atoms with Crippen molar-refractivity contribution in [2.24, 2.45) is 11.7 Å². The van der Waals surface area contributed by atoms with Gasteiger partial charge in [0, 0.05) is 20.1 Å². The predicted octanol–water partition coefficient (Wildman–Crippen LogP) is 1.82. The van der Waals surface area contributed by atoms with E-state index in [4.69, 9.17) is 10.5 Å². The smallest absolute Gasteiger partial charge is 0.246 e. The minimum Gasteiger partial charge on any atom is -0.495 e. The molecule has 6 heteroatoms. The van der Waals surface area contributed by atoms with Crippen LogP contribution in [0, 0.1) is 5.92 Å². The summed E-state index contributed by atoms with van der Waals surface area (Å²) in [7, 11) is -0.488. The zero-order chi connectivity index (χ0) is 15.3. The van der Waals surface area contributed by atoms with Gasteiger partial charge in [0.15, 0.2) is 0 Å². The summed E-state index contributed by atoms with van der Waals surface area (Å²) in [6.07, 6.45) is 0.934. The van der Waals surface area contributed by atoms with Crippen LogP contribution in [0.4, 0.5) is 0 Å². The second kappa shape index (κ2) is 7.06. The molecule has 1 unspecified atom stereocenters. The van der Waals surface area contributed by atoms with Crippen LogP contribution in [0.1, 0.15) is 25.8 Å². The van der Waals surface area contributed by atoms with Gasteiger partial charge in [-0.05, 0) is 23.6 Å². The third-order valence-electron chi connectivity index (χ3n) is 3.42. The van der Waals surface area contributed by atoms with E-state index in [-0.39, 0.29) is 4.90 Å². The summed E-state index contributed by atoms with van der Waals surface area (Å²) in [6.45, 7) is 4.91. The molecular weight excluding hydrogens is 276 g/mol. The number of rotatable bonds is 7. The molecule has 1 atom stereocenters. The Morgan fingerprint density at radius 3 is 2.55 bits per heavy atom. The van der Waals surface area contributed by atoms with Crippen molar-refractivity contribution in [1.82, 2.24) is 4.31 Å². The molecule has 2 N–H and O–H groups in total. The first-order chi connectivity index (χ1) is 9.36. The molecule has 0 aromatic heterocycles. The number of sulfonamides is 1. The average Bonchev–Trinajstić information content (AvgIpc) is 2.45. The van der Waals surface area contributed by atoms with Crippen LogP contribution in [0.2, 0.25) is 0 Å². The first kappa shape index (κ1) is 16.9.